The Labute approximate surface area is 472 Å². The largest absolute Gasteiger partial charge is 0.472 e. The lowest BCUT2D eigenvalue weighted by Crippen LogP contribution is -2.51. The van der Waals surface area contributed by atoms with Gasteiger partial charge in [-0.3, -0.25) is 13.8 Å². The molecule has 1 amide bonds. The lowest BCUT2D eigenvalue weighted by molar-refractivity contribution is -0.870. The van der Waals surface area contributed by atoms with E-state index in [0.29, 0.717) is 30.3 Å². The van der Waals surface area contributed by atoms with Crippen molar-refractivity contribution in [3.05, 3.63) is 146 Å². The van der Waals surface area contributed by atoms with Gasteiger partial charge in [0.2, 0.25) is 5.91 Å². The molecular weight excluding hydrogens is 976 g/mol. The molecule has 10 heteroatoms. The second-order valence-corrected chi connectivity index (χ2v) is 22.6. The van der Waals surface area contributed by atoms with E-state index in [1.54, 1.807) is 0 Å². The summed E-state index contributed by atoms with van der Waals surface area (Å²) >= 11 is 0. The van der Waals surface area contributed by atoms with Crippen LogP contribution < -0.4 is 5.32 Å². The summed E-state index contributed by atoms with van der Waals surface area (Å²) in [7, 11) is 1.39. The zero-order valence-electron chi connectivity index (χ0n) is 49.5. The molecule has 9 nitrogen and oxygen atoms in total. The SMILES string of the molecule is CC/C=C\C/C=C\C/C=C\C/C=C\C/C=C\C/C=C\C/C=C\C/C=C\C/C=C\C/C=C\CCCCCCCCCCCCC(=O)NC(COP(=O)(O)OCC[N+](C)(C)C)C(O)C(O)CCC/C=C/CC/C=C/CCCCC. The van der Waals surface area contributed by atoms with Crippen molar-refractivity contribution in [2.75, 3.05) is 40.9 Å². The van der Waals surface area contributed by atoms with E-state index < -0.39 is 32.7 Å². The first-order chi connectivity index (χ1) is 37.4. The molecule has 0 heterocycles. The van der Waals surface area contributed by atoms with Crippen LogP contribution in [0.5, 0.6) is 0 Å². The second kappa shape index (κ2) is 55.6. The Bertz CT molecular complexity index is 1780. The minimum absolute atomic E-state index is 0.00594. The molecule has 0 aliphatic carbocycles. The number of allylic oxidation sites excluding steroid dienone is 24. The average molecular weight is 1090 g/mol. The van der Waals surface area contributed by atoms with Gasteiger partial charge in [0.1, 0.15) is 19.3 Å². The fourth-order valence-corrected chi connectivity index (χ4v) is 8.63. The highest BCUT2D eigenvalue weighted by molar-refractivity contribution is 7.47. The molecule has 0 aliphatic rings. The van der Waals surface area contributed by atoms with E-state index >= 15 is 0 Å². The zero-order chi connectivity index (χ0) is 56.4. The number of nitrogens with zero attached hydrogens (tertiary/aromatic N) is 1. The minimum Gasteiger partial charge on any atom is -0.390 e. The maximum Gasteiger partial charge on any atom is 0.472 e. The number of phosphoric acid groups is 1. The third kappa shape index (κ3) is 56.9. The van der Waals surface area contributed by atoms with Crippen LogP contribution in [0.2, 0.25) is 0 Å². The highest BCUT2D eigenvalue weighted by Crippen LogP contribution is 2.43. The molecule has 0 saturated carbocycles. The van der Waals surface area contributed by atoms with Crippen LogP contribution >= 0.6 is 7.82 Å². The van der Waals surface area contributed by atoms with Gasteiger partial charge in [-0.15, -0.1) is 0 Å². The van der Waals surface area contributed by atoms with Gasteiger partial charge >= 0.3 is 7.82 Å². The monoisotopic (exact) mass is 1090 g/mol. The third-order valence-corrected chi connectivity index (χ3v) is 13.6. The van der Waals surface area contributed by atoms with E-state index in [4.69, 9.17) is 9.05 Å². The maximum atomic E-state index is 13.0. The molecular formula is C67H114N2O7P+. The number of unbranched alkanes of at least 4 members (excludes halogenated alkanes) is 15. The van der Waals surface area contributed by atoms with Gasteiger partial charge in [0.25, 0.3) is 0 Å². The average Bonchev–Trinajstić information content (AvgIpc) is 3.39. The van der Waals surface area contributed by atoms with Crippen LogP contribution in [0.3, 0.4) is 0 Å². The van der Waals surface area contributed by atoms with Gasteiger partial charge in [0.15, 0.2) is 0 Å². The molecule has 438 valence electrons. The van der Waals surface area contributed by atoms with Crippen LogP contribution in [0, 0.1) is 0 Å². The first-order valence-corrected chi connectivity index (χ1v) is 31.8. The number of amides is 1. The van der Waals surface area contributed by atoms with Gasteiger partial charge in [0, 0.05) is 6.42 Å². The Hall–Kier alpha value is -3.66. The van der Waals surface area contributed by atoms with Crippen molar-refractivity contribution in [1.29, 1.82) is 0 Å². The fourth-order valence-electron chi connectivity index (χ4n) is 7.89. The molecule has 0 fully saturated rings. The number of phosphoric ester groups is 1. The number of rotatable bonds is 53. The van der Waals surface area contributed by atoms with Crippen LogP contribution in [0.25, 0.3) is 0 Å². The Morgan fingerprint density at radius 1 is 0.468 bits per heavy atom. The molecule has 0 radical (unpaired) electrons. The minimum atomic E-state index is -4.44. The Morgan fingerprint density at radius 2 is 0.818 bits per heavy atom. The smallest absolute Gasteiger partial charge is 0.390 e. The number of quaternary nitrogens is 1. The molecule has 0 aromatic heterocycles. The van der Waals surface area contributed by atoms with Crippen LogP contribution in [0.1, 0.15) is 213 Å². The van der Waals surface area contributed by atoms with Crippen LogP contribution in [-0.2, 0) is 18.4 Å². The van der Waals surface area contributed by atoms with Crippen molar-refractivity contribution in [3.63, 3.8) is 0 Å². The summed E-state index contributed by atoms with van der Waals surface area (Å²) in [6.07, 6.45) is 82.4. The predicted octanol–water partition coefficient (Wildman–Crippen LogP) is 17.8. The molecule has 0 bridgehead atoms. The number of likely N-dealkylation sites (N-methyl/N-ethyl adjacent to an activating group) is 1. The first kappa shape index (κ1) is 73.3. The quantitative estimate of drug-likeness (QED) is 0.0207. The molecule has 77 heavy (non-hydrogen) atoms. The number of aliphatic hydroxyl groups is 2. The second-order valence-electron chi connectivity index (χ2n) is 21.1. The Balaban J connectivity index is 4.15. The van der Waals surface area contributed by atoms with E-state index in [0.717, 1.165) is 116 Å². The standard InChI is InChI=1S/C67H113N2O7P/c1-6-8-10-12-14-16-18-20-21-22-23-24-25-26-27-28-29-30-31-32-33-34-35-36-37-38-39-40-41-42-43-44-45-46-47-48-50-52-54-56-58-60-66(71)68-64(63-76-77(73,74)75-62-61-69(3,4)5)67(72)65(70)59-57-55-53-51-49-19-17-15-13-11-9-7-2/h8,10,14-17,20-21,23-24,26-27,29-30,32-33,35-36,38-39,41-42,51,53,64-65,67,70,72H,6-7,9,11-13,18-19,22,25,28,31,34,37,40,43-50,52,54-63H2,1-5H3,(H-,68,71,73,74)/p+1/b10-8-,16-14-,17-15+,21-20-,24-23-,27-26-,30-29-,33-32-,36-35-,39-38-,42-41-,53-51+. The summed E-state index contributed by atoms with van der Waals surface area (Å²) in [5.74, 6) is -0.284. The van der Waals surface area contributed by atoms with Gasteiger partial charge in [-0.2, -0.15) is 0 Å². The first-order valence-electron chi connectivity index (χ1n) is 30.3. The fraction of sp³-hybridized carbons (Fsp3) is 0.627. The van der Waals surface area contributed by atoms with Gasteiger partial charge in [0.05, 0.1) is 39.9 Å². The summed E-state index contributed by atoms with van der Waals surface area (Å²) in [4.78, 5) is 23.3. The Morgan fingerprint density at radius 3 is 1.23 bits per heavy atom. The van der Waals surface area contributed by atoms with Gasteiger partial charge in [-0.05, 0) is 128 Å². The van der Waals surface area contributed by atoms with Crippen molar-refractivity contribution in [1.82, 2.24) is 5.32 Å². The van der Waals surface area contributed by atoms with Crippen molar-refractivity contribution in [3.8, 4) is 0 Å². The molecule has 0 spiro atoms. The molecule has 4 N–H and O–H groups in total. The molecule has 0 aromatic carbocycles. The number of aliphatic hydroxyl groups excluding tert-OH is 2. The van der Waals surface area contributed by atoms with E-state index in [1.807, 2.05) is 21.1 Å². The zero-order valence-corrected chi connectivity index (χ0v) is 50.4. The summed E-state index contributed by atoms with van der Waals surface area (Å²) in [5.41, 5.74) is 0. The number of hydrogen-bond acceptors (Lipinski definition) is 6. The third-order valence-electron chi connectivity index (χ3n) is 12.6. The number of nitrogens with one attached hydrogen (secondary N) is 1. The van der Waals surface area contributed by atoms with Crippen molar-refractivity contribution >= 4 is 13.7 Å². The van der Waals surface area contributed by atoms with Crippen molar-refractivity contribution < 1.29 is 38.0 Å². The highest BCUT2D eigenvalue weighted by Gasteiger charge is 2.31. The highest BCUT2D eigenvalue weighted by atomic mass is 31.2. The van der Waals surface area contributed by atoms with E-state index in [9.17, 15) is 24.5 Å². The van der Waals surface area contributed by atoms with Gasteiger partial charge in [-0.25, -0.2) is 4.57 Å². The summed E-state index contributed by atoms with van der Waals surface area (Å²) < 4.78 is 23.6. The molecule has 0 saturated heterocycles. The maximum absolute atomic E-state index is 13.0. The van der Waals surface area contributed by atoms with E-state index in [2.05, 4.69) is 165 Å². The molecule has 4 unspecified atom stereocenters. The van der Waals surface area contributed by atoms with Crippen molar-refractivity contribution in [2.24, 2.45) is 0 Å². The predicted molar refractivity (Wildman–Crippen MR) is 333 cm³/mol. The summed E-state index contributed by atoms with van der Waals surface area (Å²) in [6.45, 7) is 4.41. The van der Waals surface area contributed by atoms with Gasteiger partial charge in [-0.1, -0.05) is 224 Å². The lowest BCUT2D eigenvalue weighted by atomic mass is 10.0. The van der Waals surface area contributed by atoms with Gasteiger partial charge < -0.3 is 24.9 Å². The molecule has 0 rings (SSSR count). The summed E-state index contributed by atoms with van der Waals surface area (Å²) in [5, 5.41) is 24.7. The van der Waals surface area contributed by atoms with E-state index in [-0.39, 0.29) is 18.9 Å². The molecule has 4 atom stereocenters. The normalized spacial score (nSPS) is 15.3. The topological polar surface area (TPSA) is 125 Å². The molecule has 0 aliphatic heterocycles. The number of hydrogen-bond donors (Lipinski definition) is 4. The van der Waals surface area contributed by atoms with Crippen LogP contribution in [0.4, 0.5) is 0 Å². The van der Waals surface area contributed by atoms with Crippen LogP contribution in [-0.4, -0.2) is 84.6 Å². The lowest BCUT2D eigenvalue weighted by Gasteiger charge is -2.28. The Kier molecular flexibility index (Phi) is 53.0. The van der Waals surface area contributed by atoms with Crippen LogP contribution in [0.15, 0.2) is 146 Å². The van der Waals surface area contributed by atoms with E-state index in [1.165, 1.54) is 57.8 Å². The number of carbonyl (C=O) groups excluding carboxylic acids is 1. The summed E-state index contributed by atoms with van der Waals surface area (Å²) in [6, 6.07) is -1.07. The van der Waals surface area contributed by atoms with Crippen molar-refractivity contribution in [2.45, 2.75) is 231 Å². The molecule has 0 aromatic rings. The number of carbonyl (C=O) groups is 1.